The lowest BCUT2D eigenvalue weighted by Crippen LogP contribution is -2.18. The van der Waals surface area contributed by atoms with Gasteiger partial charge in [-0.25, -0.2) is 4.39 Å². The number of halogens is 1. The van der Waals surface area contributed by atoms with Crippen molar-refractivity contribution in [3.8, 4) is 5.75 Å². The van der Waals surface area contributed by atoms with E-state index in [4.69, 9.17) is 10.5 Å². The SMILES string of the molecule is CCN(c1ccccc1C)c1cc(OC)c(N)cc1F. The van der Waals surface area contributed by atoms with E-state index in [9.17, 15) is 4.39 Å². The fourth-order valence-electron chi connectivity index (χ4n) is 2.28. The van der Waals surface area contributed by atoms with Crippen molar-refractivity contribution in [1.29, 1.82) is 0 Å². The molecule has 0 unspecified atom stereocenters. The Morgan fingerprint density at radius 3 is 2.50 bits per heavy atom. The van der Waals surface area contributed by atoms with E-state index in [1.54, 1.807) is 6.07 Å². The molecule has 0 aromatic heterocycles. The normalized spacial score (nSPS) is 10.4. The molecule has 0 saturated carbocycles. The number of benzene rings is 2. The van der Waals surface area contributed by atoms with E-state index in [0.717, 1.165) is 11.3 Å². The van der Waals surface area contributed by atoms with Gasteiger partial charge in [0.05, 0.1) is 18.5 Å². The van der Waals surface area contributed by atoms with Crippen LogP contribution in [0.2, 0.25) is 0 Å². The maximum atomic E-state index is 14.2. The summed E-state index contributed by atoms with van der Waals surface area (Å²) in [6.07, 6.45) is 0. The number of aryl methyl sites for hydroxylation is 1. The molecule has 20 heavy (non-hydrogen) atoms. The third-order valence-corrected chi connectivity index (χ3v) is 3.31. The Morgan fingerprint density at radius 2 is 1.90 bits per heavy atom. The predicted molar refractivity (Wildman–Crippen MR) is 81.2 cm³/mol. The molecule has 0 spiro atoms. The summed E-state index contributed by atoms with van der Waals surface area (Å²) in [5.41, 5.74) is 8.55. The van der Waals surface area contributed by atoms with E-state index in [1.165, 1.54) is 13.2 Å². The van der Waals surface area contributed by atoms with Crippen molar-refractivity contribution in [3.05, 3.63) is 47.8 Å². The van der Waals surface area contributed by atoms with Gasteiger partial charge in [0.25, 0.3) is 0 Å². The van der Waals surface area contributed by atoms with Crippen LogP contribution in [0.25, 0.3) is 0 Å². The summed E-state index contributed by atoms with van der Waals surface area (Å²) in [5.74, 6) is 0.127. The molecule has 4 heteroatoms. The Labute approximate surface area is 118 Å². The number of methoxy groups -OCH3 is 1. The number of nitrogens with two attached hydrogens (primary N) is 1. The summed E-state index contributed by atoms with van der Waals surface area (Å²) in [6, 6.07) is 10.8. The Hall–Kier alpha value is -2.23. The number of nitrogens with zero attached hydrogens (tertiary/aromatic N) is 1. The smallest absolute Gasteiger partial charge is 0.149 e. The molecular weight excluding hydrogens is 255 g/mol. The lowest BCUT2D eigenvalue weighted by molar-refractivity contribution is 0.416. The average Bonchev–Trinajstić information content (AvgIpc) is 2.43. The zero-order valence-corrected chi connectivity index (χ0v) is 12.0. The second-order valence-electron chi connectivity index (χ2n) is 4.58. The molecule has 0 aliphatic rings. The van der Waals surface area contributed by atoms with Gasteiger partial charge >= 0.3 is 0 Å². The van der Waals surface area contributed by atoms with Crippen molar-refractivity contribution < 1.29 is 9.13 Å². The first-order valence-corrected chi connectivity index (χ1v) is 6.54. The lowest BCUT2D eigenvalue weighted by Gasteiger charge is -2.26. The van der Waals surface area contributed by atoms with Gasteiger partial charge in [-0.1, -0.05) is 18.2 Å². The number of rotatable bonds is 4. The third kappa shape index (κ3) is 2.54. The Balaban J connectivity index is 2.55. The van der Waals surface area contributed by atoms with E-state index in [0.29, 0.717) is 23.7 Å². The molecule has 0 aliphatic carbocycles. The number of hydrogen-bond acceptors (Lipinski definition) is 3. The van der Waals surface area contributed by atoms with Crippen LogP contribution >= 0.6 is 0 Å². The lowest BCUT2D eigenvalue weighted by atomic mass is 10.1. The molecule has 0 bridgehead atoms. The summed E-state index contributed by atoms with van der Waals surface area (Å²) in [4.78, 5) is 1.91. The van der Waals surface area contributed by atoms with Crippen LogP contribution in [0.3, 0.4) is 0 Å². The Bertz CT molecular complexity index is 613. The van der Waals surface area contributed by atoms with Gasteiger partial charge in [-0.2, -0.15) is 0 Å². The first-order chi connectivity index (χ1) is 9.58. The molecule has 2 aromatic rings. The van der Waals surface area contributed by atoms with E-state index in [1.807, 2.05) is 43.0 Å². The zero-order chi connectivity index (χ0) is 14.7. The highest BCUT2D eigenvalue weighted by Gasteiger charge is 2.16. The van der Waals surface area contributed by atoms with Gasteiger partial charge in [0.15, 0.2) is 0 Å². The highest BCUT2D eigenvalue weighted by Crippen LogP contribution is 2.35. The van der Waals surface area contributed by atoms with Crippen LogP contribution in [0.15, 0.2) is 36.4 Å². The van der Waals surface area contributed by atoms with E-state index < -0.39 is 0 Å². The van der Waals surface area contributed by atoms with Crippen molar-refractivity contribution in [2.24, 2.45) is 0 Å². The maximum Gasteiger partial charge on any atom is 0.149 e. The molecule has 2 rings (SSSR count). The molecule has 0 fully saturated rings. The summed E-state index contributed by atoms with van der Waals surface area (Å²) >= 11 is 0. The zero-order valence-electron chi connectivity index (χ0n) is 12.0. The fourth-order valence-corrected chi connectivity index (χ4v) is 2.28. The minimum Gasteiger partial charge on any atom is -0.495 e. The van der Waals surface area contributed by atoms with Crippen molar-refractivity contribution in [2.75, 3.05) is 24.3 Å². The first-order valence-electron chi connectivity index (χ1n) is 6.54. The number of nitrogen functional groups attached to an aromatic ring is 1. The molecule has 3 nitrogen and oxygen atoms in total. The van der Waals surface area contributed by atoms with Crippen LogP contribution in [0, 0.1) is 12.7 Å². The fraction of sp³-hybridized carbons (Fsp3) is 0.250. The summed E-state index contributed by atoms with van der Waals surface area (Å²) < 4.78 is 19.4. The number of ether oxygens (including phenoxy) is 1. The molecule has 0 amide bonds. The number of anilines is 3. The van der Waals surface area contributed by atoms with Gasteiger partial charge < -0.3 is 15.4 Å². The molecule has 0 aliphatic heterocycles. The van der Waals surface area contributed by atoms with Crippen LogP contribution in [-0.4, -0.2) is 13.7 Å². The molecule has 0 atom stereocenters. The topological polar surface area (TPSA) is 38.5 Å². The third-order valence-electron chi connectivity index (χ3n) is 3.31. The molecule has 2 N–H and O–H groups in total. The van der Waals surface area contributed by atoms with Gasteiger partial charge in [0.2, 0.25) is 0 Å². The van der Waals surface area contributed by atoms with Gasteiger partial charge in [0, 0.05) is 24.4 Å². The Kier molecular flexibility index (Phi) is 4.13. The van der Waals surface area contributed by atoms with Crippen molar-refractivity contribution in [3.63, 3.8) is 0 Å². The molecule has 2 aromatic carbocycles. The summed E-state index contributed by atoms with van der Waals surface area (Å²) in [6.45, 7) is 4.63. The largest absolute Gasteiger partial charge is 0.495 e. The average molecular weight is 274 g/mol. The van der Waals surface area contributed by atoms with E-state index in [2.05, 4.69) is 0 Å². The minimum absolute atomic E-state index is 0.301. The molecule has 106 valence electrons. The van der Waals surface area contributed by atoms with Gasteiger partial charge in [-0.05, 0) is 25.5 Å². The van der Waals surface area contributed by atoms with Gasteiger partial charge in [-0.3, -0.25) is 0 Å². The monoisotopic (exact) mass is 274 g/mol. The summed E-state index contributed by atoms with van der Waals surface area (Å²) in [5, 5.41) is 0. The van der Waals surface area contributed by atoms with Gasteiger partial charge in [-0.15, -0.1) is 0 Å². The number of hydrogen-bond donors (Lipinski definition) is 1. The van der Waals surface area contributed by atoms with Crippen LogP contribution in [0.5, 0.6) is 5.75 Å². The number of para-hydroxylation sites is 1. The van der Waals surface area contributed by atoms with Crippen molar-refractivity contribution in [2.45, 2.75) is 13.8 Å². The van der Waals surface area contributed by atoms with Crippen LogP contribution in [-0.2, 0) is 0 Å². The van der Waals surface area contributed by atoms with Crippen molar-refractivity contribution >= 4 is 17.1 Å². The minimum atomic E-state index is -0.353. The van der Waals surface area contributed by atoms with Crippen LogP contribution < -0.4 is 15.4 Å². The molecule has 0 saturated heterocycles. The van der Waals surface area contributed by atoms with Crippen LogP contribution in [0.4, 0.5) is 21.5 Å². The predicted octanol–water partition coefficient (Wildman–Crippen LogP) is 3.88. The van der Waals surface area contributed by atoms with E-state index >= 15 is 0 Å². The second kappa shape index (κ2) is 5.82. The second-order valence-corrected chi connectivity index (χ2v) is 4.58. The maximum absolute atomic E-state index is 14.2. The Morgan fingerprint density at radius 1 is 1.20 bits per heavy atom. The molecule has 0 heterocycles. The first kappa shape index (κ1) is 14.2. The van der Waals surface area contributed by atoms with Crippen LogP contribution in [0.1, 0.15) is 12.5 Å². The summed E-state index contributed by atoms with van der Waals surface area (Å²) in [7, 11) is 1.53. The highest BCUT2D eigenvalue weighted by atomic mass is 19.1. The van der Waals surface area contributed by atoms with Gasteiger partial charge in [0.1, 0.15) is 11.6 Å². The van der Waals surface area contributed by atoms with E-state index in [-0.39, 0.29) is 5.82 Å². The molecular formula is C16H19FN2O. The highest BCUT2D eigenvalue weighted by molar-refractivity contribution is 5.71. The molecule has 0 radical (unpaired) electrons. The standard InChI is InChI=1S/C16H19FN2O/c1-4-19(14-8-6-5-7-11(14)2)15-10-16(20-3)13(18)9-12(15)17/h5-10H,4,18H2,1-3H3. The quantitative estimate of drug-likeness (QED) is 0.860. The van der Waals surface area contributed by atoms with Crippen molar-refractivity contribution in [1.82, 2.24) is 0 Å².